The van der Waals surface area contributed by atoms with Crippen molar-refractivity contribution in [2.75, 3.05) is 0 Å². The number of benzene rings is 1. The van der Waals surface area contributed by atoms with Crippen LogP contribution in [0.5, 0.6) is 0 Å². The summed E-state index contributed by atoms with van der Waals surface area (Å²) in [7, 11) is 0. The van der Waals surface area contributed by atoms with E-state index in [0.717, 1.165) is 10.3 Å². The Balaban J connectivity index is 3.01. The maximum atomic E-state index is 11.4. The van der Waals surface area contributed by atoms with Crippen LogP contribution in [0.25, 0.3) is 10.9 Å². The number of pyridine rings is 1. The van der Waals surface area contributed by atoms with Crippen molar-refractivity contribution in [2.24, 2.45) is 0 Å². The Morgan fingerprint density at radius 3 is 2.85 bits per heavy atom. The highest BCUT2D eigenvalue weighted by atomic mass is 16.5. The van der Waals surface area contributed by atoms with Crippen LogP contribution in [-0.4, -0.2) is 9.94 Å². The summed E-state index contributed by atoms with van der Waals surface area (Å²) in [6.45, 7) is 1.91. The first kappa shape index (κ1) is 7.86. The molecule has 1 heterocycles. The van der Waals surface area contributed by atoms with E-state index in [2.05, 4.69) is 0 Å². The molecule has 0 unspecified atom stereocenters. The van der Waals surface area contributed by atoms with Crippen molar-refractivity contribution in [3.8, 4) is 0 Å². The number of aryl methyl sites for hydroxylation is 1. The highest BCUT2D eigenvalue weighted by Crippen LogP contribution is 2.10. The number of hydrogen-bond donors (Lipinski definition) is 1. The topological polar surface area (TPSA) is 42.2 Å². The molecule has 0 spiro atoms. The highest BCUT2D eigenvalue weighted by Gasteiger charge is 2.00. The zero-order chi connectivity index (χ0) is 9.42. The van der Waals surface area contributed by atoms with Gasteiger partial charge in [-0.25, -0.2) is 0 Å². The maximum absolute atomic E-state index is 11.4. The Hall–Kier alpha value is -1.77. The molecule has 2 rings (SSSR count). The van der Waals surface area contributed by atoms with E-state index in [4.69, 9.17) is 0 Å². The molecule has 0 aliphatic heterocycles. The molecule has 1 N–H and O–H groups in total. The van der Waals surface area contributed by atoms with E-state index in [0.29, 0.717) is 10.9 Å². The van der Waals surface area contributed by atoms with Gasteiger partial charge in [-0.3, -0.25) is 4.79 Å². The van der Waals surface area contributed by atoms with Crippen molar-refractivity contribution >= 4 is 10.9 Å². The summed E-state index contributed by atoms with van der Waals surface area (Å²) >= 11 is 0. The SMILES string of the molecule is Cc1ccc2c(c1)c(=O)ccn2O. The zero-order valence-electron chi connectivity index (χ0n) is 7.19. The lowest BCUT2D eigenvalue weighted by Crippen LogP contribution is -2.05. The van der Waals surface area contributed by atoms with Gasteiger partial charge in [0.15, 0.2) is 5.43 Å². The van der Waals surface area contributed by atoms with Gasteiger partial charge in [-0.15, -0.1) is 0 Å². The molecule has 0 atom stereocenters. The molecule has 66 valence electrons. The summed E-state index contributed by atoms with van der Waals surface area (Å²) < 4.78 is 0.955. The summed E-state index contributed by atoms with van der Waals surface area (Å²) in [5, 5.41) is 9.91. The van der Waals surface area contributed by atoms with Gasteiger partial charge in [0.05, 0.1) is 5.52 Å². The average molecular weight is 175 g/mol. The fourth-order valence-electron chi connectivity index (χ4n) is 1.36. The Labute approximate surface area is 74.8 Å². The van der Waals surface area contributed by atoms with Crippen LogP contribution in [0.4, 0.5) is 0 Å². The van der Waals surface area contributed by atoms with E-state index in [1.807, 2.05) is 13.0 Å². The van der Waals surface area contributed by atoms with Crippen molar-refractivity contribution in [2.45, 2.75) is 6.92 Å². The lowest BCUT2D eigenvalue weighted by molar-refractivity contribution is 0.198. The van der Waals surface area contributed by atoms with Crippen LogP contribution in [0.15, 0.2) is 35.3 Å². The fraction of sp³-hybridized carbons (Fsp3) is 0.100. The Morgan fingerprint density at radius 2 is 2.08 bits per heavy atom. The Morgan fingerprint density at radius 1 is 1.31 bits per heavy atom. The van der Waals surface area contributed by atoms with Crippen molar-refractivity contribution in [3.63, 3.8) is 0 Å². The van der Waals surface area contributed by atoms with Crippen LogP contribution in [0.3, 0.4) is 0 Å². The maximum Gasteiger partial charge on any atom is 0.189 e. The van der Waals surface area contributed by atoms with E-state index < -0.39 is 0 Å². The first-order valence-electron chi connectivity index (χ1n) is 4.00. The molecule has 3 nitrogen and oxygen atoms in total. The molecule has 1 aromatic carbocycles. The largest absolute Gasteiger partial charge is 0.428 e. The smallest absolute Gasteiger partial charge is 0.189 e. The first-order chi connectivity index (χ1) is 6.18. The van der Waals surface area contributed by atoms with Crippen LogP contribution in [0, 0.1) is 6.92 Å². The quantitative estimate of drug-likeness (QED) is 0.617. The third kappa shape index (κ3) is 1.18. The normalized spacial score (nSPS) is 10.5. The van der Waals surface area contributed by atoms with E-state index in [1.54, 1.807) is 12.1 Å². The molecule has 13 heavy (non-hydrogen) atoms. The predicted molar refractivity (Wildman–Crippen MR) is 50.1 cm³/mol. The lowest BCUT2D eigenvalue weighted by atomic mass is 10.1. The van der Waals surface area contributed by atoms with E-state index in [-0.39, 0.29) is 5.43 Å². The molecule has 0 saturated heterocycles. The Kier molecular flexibility index (Phi) is 1.59. The second kappa shape index (κ2) is 2.62. The highest BCUT2D eigenvalue weighted by molar-refractivity contribution is 5.79. The summed E-state index contributed by atoms with van der Waals surface area (Å²) in [5.74, 6) is 0. The molecule has 0 aliphatic carbocycles. The van der Waals surface area contributed by atoms with Crippen LogP contribution >= 0.6 is 0 Å². The van der Waals surface area contributed by atoms with Crippen LogP contribution in [0.1, 0.15) is 5.56 Å². The van der Waals surface area contributed by atoms with Gasteiger partial charge in [0.25, 0.3) is 0 Å². The molecule has 0 radical (unpaired) electrons. The molecule has 1 aromatic heterocycles. The summed E-state index contributed by atoms with van der Waals surface area (Å²) in [6, 6.07) is 6.70. The minimum Gasteiger partial charge on any atom is -0.428 e. The van der Waals surface area contributed by atoms with Crippen LogP contribution in [-0.2, 0) is 0 Å². The average Bonchev–Trinajstić information content (AvgIpc) is 2.12. The van der Waals surface area contributed by atoms with Gasteiger partial charge in [0.2, 0.25) is 0 Å². The third-order valence-electron chi connectivity index (χ3n) is 2.03. The molecular weight excluding hydrogens is 166 g/mol. The van der Waals surface area contributed by atoms with Crippen molar-refractivity contribution in [1.29, 1.82) is 0 Å². The lowest BCUT2D eigenvalue weighted by Gasteiger charge is -2.02. The molecule has 0 bridgehead atoms. The van der Waals surface area contributed by atoms with E-state index >= 15 is 0 Å². The second-order valence-corrected chi connectivity index (χ2v) is 3.05. The van der Waals surface area contributed by atoms with Gasteiger partial charge in [-0.1, -0.05) is 11.6 Å². The standard InChI is InChI=1S/C10H9NO2/c1-7-2-3-9-8(6-7)10(12)4-5-11(9)13/h2-6,13H,1H3. The van der Waals surface area contributed by atoms with Crippen molar-refractivity contribution in [3.05, 3.63) is 46.2 Å². The zero-order valence-corrected chi connectivity index (χ0v) is 7.19. The molecule has 0 saturated carbocycles. The van der Waals surface area contributed by atoms with Crippen molar-refractivity contribution in [1.82, 2.24) is 4.73 Å². The molecule has 2 aromatic rings. The van der Waals surface area contributed by atoms with Crippen molar-refractivity contribution < 1.29 is 5.21 Å². The fourth-order valence-corrected chi connectivity index (χ4v) is 1.36. The number of aromatic nitrogens is 1. The second-order valence-electron chi connectivity index (χ2n) is 3.05. The molecular formula is C10H9NO2. The summed E-state index contributed by atoms with van der Waals surface area (Å²) in [6.07, 6.45) is 1.35. The monoisotopic (exact) mass is 175 g/mol. The van der Waals surface area contributed by atoms with E-state index in [9.17, 15) is 10.0 Å². The third-order valence-corrected chi connectivity index (χ3v) is 2.03. The molecule has 0 amide bonds. The van der Waals surface area contributed by atoms with Gasteiger partial charge in [-0.2, -0.15) is 4.73 Å². The number of rotatable bonds is 0. The molecule has 0 fully saturated rings. The summed E-state index contributed by atoms with van der Waals surface area (Å²) in [4.78, 5) is 11.4. The molecule has 0 aliphatic rings. The van der Waals surface area contributed by atoms with Crippen LogP contribution < -0.4 is 5.43 Å². The van der Waals surface area contributed by atoms with Gasteiger partial charge in [-0.05, 0) is 19.1 Å². The minimum atomic E-state index is -0.0657. The van der Waals surface area contributed by atoms with Gasteiger partial charge < -0.3 is 5.21 Å². The first-order valence-corrected chi connectivity index (χ1v) is 4.00. The number of hydrogen-bond acceptors (Lipinski definition) is 2. The van der Waals surface area contributed by atoms with E-state index in [1.165, 1.54) is 12.3 Å². The van der Waals surface area contributed by atoms with Gasteiger partial charge in [0, 0.05) is 17.6 Å². The number of nitrogens with zero attached hydrogens (tertiary/aromatic N) is 1. The number of fused-ring (bicyclic) bond motifs is 1. The predicted octanol–water partition coefficient (Wildman–Crippen LogP) is 1.55. The van der Waals surface area contributed by atoms with Crippen LogP contribution in [0.2, 0.25) is 0 Å². The Bertz CT molecular complexity index is 514. The van der Waals surface area contributed by atoms with Gasteiger partial charge >= 0.3 is 0 Å². The molecule has 3 heteroatoms. The summed E-state index contributed by atoms with van der Waals surface area (Å²) in [5.41, 5.74) is 1.48. The minimum absolute atomic E-state index is 0.0657. The van der Waals surface area contributed by atoms with Gasteiger partial charge in [0.1, 0.15) is 0 Å².